The first-order chi connectivity index (χ1) is 19.0. The van der Waals surface area contributed by atoms with Gasteiger partial charge in [0.15, 0.2) is 0 Å². The number of ether oxygens (including phenoxy) is 2. The van der Waals surface area contributed by atoms with Crippen LogP contribution in [0.15, 0.2) is 60.9 Å². The van der Waals surface area contributed by atoms with Gasteiger partial charge in [0.25, 0.3) is 5.91 Å². The molecule has 0 aliphatic heterocycles. The molecule has 3 N–H and O–H groups in total. The zero-order chi connectivity index (χ0) is 27.4. The van der Waals surface area contributed by atoms with Crippen molar-refractivity contribution in [3.8, 4) is 17.0 Å². The number of carbonyl (C=O) groups is 2. The van der Waals surface area contributed by atoms with E-state index in [0.717, 1.165) is 53.8 Å². The standard InChI is InChI=1S/C30H33N5O4/c1-3-39-30(37)22-14-12-21(13-15-22)28-34-25(26-27(31)32-16-17-35(26)28)20-10-8-19(9-11-20)18-33-29(36)23-6-4-5-7-24(23)38-2/h4-11,16-17,21-22H,3,12-15,18H2,1-2H3,(H2,31,32)(H,33,36). The minimum Gasteiger partial charge on any atom is -0.496 e. The normalized spacial score (nSPS) is 17.1. The van der Waals surface area contributed by atoms with Crippen LogP contribution < -0.4 is 15.8 Å². The Labute approximate surface area is 227 Å². The molecule has 39 heavy (non-hydrogen) atoms. The van der Waals surface area contributed by atoms with E-state index in [9.17, 15) is 9.59 Å². The van der Waals surface area contributed by atoms with Gasteiger partial charge in [0, 0.05) is 30.4 Å². The van der Waals surface area contributed by atoms with Gasteiger partial charge in [-0.3, -0.25) is 14.0 Å². The SMILES string of the molecule is CCOC(=O)C1CCC(c2nc(-c3ccc(CNC(=O)c4ccccc4OC)cc3)c3c(N)nccn23)CC1. The number of carbonyl (C=O) groups excluding carboxylic acids is 2. The van der Waals surface area contributed by atoms with Gasteiger partial charge in [-0.15, -0.1) is 0 Å². The summed E-state index contributed by atoms with van der Waals surface area (Å²) in [6.07, 6.45) is 6.86. The van der Waals surface area contributed by atoms with Crippen LogP contribution in [0.25, 0.3) is 16.8 Å². The number of aromatic nitrogens is 3. The van der Waals surface area contributed by atoms with Crippen LogP contribution in [0.2, 0.25) is 0 Å². The van der Waals surface area contributed by atoms with E-state index in [1.54, 1.807) is 25.4 Å². The number of amides is 1. The third kappa shape index (κ3) is 5.43. The van der Waals surface area contributed by atoms with Crippen molar-refractivity contribution in [3.05, 3.63) is 77.9 Å². The van der Waals surface area contributed by atoms with Crippen LogP contribution in [0.5, 0.6) is 5.75 Å². The number of nitrogens with two attached hydrogens (primary N) is 1. The molecule has 1 aliphatic carbocycles. The predicted molar refractivity (Wildman–Crippen MR) is 148 cm³/mol. The van der Waals surface area contributed by atoms with E-state index in [0.29, 0.717) is 30.3 Å². The highest BCUT2D eigenvalue weighted by Crippen LogP contribution is 2.39. The second-order valence-electron chi connectivity index (χ2n) is 9.73. The van der Waals surface area contributed by atoms with Crippen molar-refractivity contribution >= 4 is 23.2 Å². The van der Waals surface area contributed by atoms with Crippen LogP contribution in [0.4, 0.5) is 5.82 Å². The fraction of sp³-hybridized carbons (Fsp3) is 0.333. The number of anilines is 1. The maximum absolute atomic E-state index is 12.7. The zero-order valence-electron chi connectivity index (χ0n) is 22.2. The van der Waals surface area contributed by atoms with Gasteiger partial charge in [-0.25, -0.2) is 9.97 Å². The summed E-state index contributed by atoms with van der Waals surface area (Å²) in [5, 5.41) is 2.95. The fourth-order valence-electron chi connectivity index (χ4n) is 5.31. The number of methoxy groups -OCH3 is 1. The Balaban J connectivity index is 1.34. The second-order valence-corrected chi connectivity index (χ2v) is 9.73. The molecule has 1 saturated carbocycles. The molecule has 5 rings (SSSR count). The number of hydrogen-bond donors (Lipinski definition) is 2. The number of nitrogens with one attached hydrogen (secondary N) is 1. The molecule has 9 nitrogen and oxygen atoms in total. The minimum atomic E-state index is -0.196. The highest BCUT2D eigenvalue weighted by atomic mass is 16.5. The summed E-state index contributed by atoms with van der Waals surface area (Å²) in [5.74, 6) is 1.76. The smallest absolute Gasteiger partial charge is 0.308 e. The molecule has 0 saturated heterocycles. The van der Waals surface area contributed by atoms with Gasteiger partial charge in [0.2, 0.25) is 0 Å². The molecule has 0 bridgehead atoms. The Morgan fingerprint density at radius 2 is 1.82 bits per heavy atom. The van der Waals surface area contributed by atoms with Crippen molar-refractivity contribution in [1.29, 1.82) is 0 Å². The van der Waals surface area contributed by atoms with Crippen LogP contribution in [0.3, 0.4) is 0 Å². The van der Waals surface area contributed by atoms with Crippen molar-refractivity contribution in [2.75, 3.05) is 19.5 Å². The first-order valence-corrected chi connectivity index (χ1v) is 13.3. The molecule has 1 aliphatic rings. The van der Waals surface area contributed by atoms with Crippen molar-refractivity contribution in [1.82, 2.24) is 19.7 Å². The van der Waals surface area contributed by atoms with Gasteiger partial charge in [0.05, 0.1) is 25.2 Å². The second kappa shape index (κ2) is 11.6. The maximum atomic E-state index is 12.7. The number of nitrogens with zero attached hydrogens (tertiary/aromatic N) is 3. The Morgan fingerprint density at radius 3 is 2.54 bits per heavy atom. The van der Waals surface area contributed by atoms with Gasteiger partial charge in [-0.2, -0.15) is 0 Å². The van der Waals surface area contributed by atoms with Crippen LogP contribution in [0.1, 0.15) is 60.3 Å². The van der Waals surface area contributed by atoms with Crippen molar-refractivity contribution < 1.29 is 19.1 Å². The number of nitrogen functional groups attached to an aromatic ring is 1. The number of imidazole rings is 1. The average molecular weight is 528 g/mol. The lowest BCUT2D eigenvalue weighted by molar-refractivity contribution is -0.149. The van der Waals surface area contributed by atoms with Gasteiger partial charge in [0.1, 0.15) is 28.6 Å². The number of esters is 1. The van der Waals surface area contributed by atoms with E-state index < -0.39 is 0 Å². The van der Waals surface area contributed by atoms with Crippen molar-refractivity contribution in [2.24, 2.45) is 5.92 Å². The molecular weight excluding hydrogens is 494 g/mol. The van der Waals surface area contributed by atoms with E-state index in [2.05, 4.69) is 10.3 Å². The number of rotatable bonds is 8. The first-order valence-electron chi connectivity index (χ1n) is 13.3. The molecular formula is C30H33N5O4. The van der Waals surface area contributed by atoms with E-state index >= 15 is 0 Å². The third-order valence-electron chi connectivity index (χ3n) is 7.35. The van der Waals surface area contributed by atoms with Gasteiger partial charge in [-0.05, 0) is 50.3 Å². The van der Waals surface area contributed by atoms with E-state index in [4.69, 9.17) is 20.2 Å². The van der Waals surface area contributed by atoms with Gasteiger partial charge < -0.3 is 20.5 Å². The van der Waals surface area contributed by atoms with Crippen LogP contribution in [-0.4, -0.2) is 40.0 Å². The number of para-hydroxylation sites is 1. The lowest BCUT2D eigenvalue weighted by Crippen LogP contribution is -2.23. The summed E-state index contributed by atoms with van der Waals surface area (Å²) in [4.78, 5) is 34.2. The molecule has 2 heterocycles. The summed E-state index contributed by atoms with van der Waals surface area (Å²) < 4.78 is 12.6. The van der Waals surface area contributed by atoms with Gasteiger partial charge >= 0.3 is 5.97 Å². The minimum absolute atomic E-state index is 0.0466. The Kier molecular flexibility index (Phi) is 7.76. The maximum Gasteiger partial charge on any atom is 0.308 e. The first kappa shape index (κ1) is 26.2. The topological polar surface area (TPSA) is 121 Å². The summed E-state index contributed by atoms with van der Waals surface area (Å²) >= 11 is 0. The van der Waals surface area contributed by atoms with Crippen LogP contribution >= 0.6 is 0 Å². The zero-order valence-corrected chi connectivity index (χ0v) is 22.2. The molecule has 0 radical (unpaired) electrons. The van der Waals surface area contributed by atoms with E-state index in [1.807, 2.05) is 53.9 Å². The summed E-state index contributed by atoms with van der Waals surface area (Å²) in [6, 6.07) is 15.1. The highest BCUT2D eigenvalue weighted by Gasteiger charge is 2.31. The van der Waals surface area contributed by atoms with Crippen LogP contribution in [-0.2, 0) is 16.1 Å². The number of hydrogen-bond acceptors (Lipinski definition) is 7. The quantitative estimate of drug-likeness (QED) is 0.317. The van der Waals surface area contributed by atoms with E-state index in [-0.39, 0.29) is 23.7 Å². The Morgan fingerprint density at radius 1 is 1.08 bits per heavy atom. The molecule has 0 unspecified atom stereocenters. The average Bonchev–Trinajstić information content (AvgIpc) is 3.37. The largest absolute Gasteiger partial charge is 0.496 e. The summed E-state index contributed by atoms with van der Waals surface area (Å²) in [5.41, 5.74) is 10.2. The Bertz CT molecular complexity index is 1470. The number of fused-ring (bicyclic) bond motifs is 1. The van der Waals surface area contributed by atoms with Crippen molar-refractivity contribution in [2.45, 2.75) is 45.1 Å². The lowest BCUT2D eigenvalue weighted by Gasteiger charge is -2.26. The predicted octanol–water partition coefficient (Wildman–Crippen LogP) is 4.75. The highest BCUT2D eigenvalue weighted by molar-refractivity contribution is 5.96. The summed E-state index contributed by atoms with van der Waals surface area (Å²) in [7, 11) is 1.55. The van der Waals surface area contributed by atoms with E-state index in [1.165, 1.54) is 0 Å². The fourth-order valence-corrected chi connectivity index (χ4v) is 5.31. The molecule has 9 heteroatoms. The third-order valence-corrected chi connectivity index (χ3v) is 7.35. The van der Waals surface area contributed by atoms with Crippen molar-refractivity contribution in [3.63, 3.8) is 0 Å². The number of benzene rings is 2. The molecule has 2 aromatic carbocycles. The lowest BCUT2D eigenvalue weighted by atomic mass is 9.81. The molecule has 202 valence electrons. The molecule has 4 aromatic rings. The monoisotopic (exact) mass is 527 g/mol. The van der Waals surface area contributed by atoms with Gasteiger partial charge in [-0.1, -0.05) is 36.4 Å². The summed E-state index contributed by atoms with van der Waals surface area (Å²) in [6.45, 7) is 2.62. The van der Waals surface area contributed by atoms with Crippen LogP contribution in [0, 0.1) is 5.92 Å². The Hall–Kier alpha value is -4.40. The molecule has 0 spiro atoms. The molecule has 1 fully saturated rings. The molecule has 1 amide bonds. The molecule has 0 atom stereocenters. The molecule has 2 aromatic heterocycles.